The second-order valence-electron chi connectivity index (χ2n) is 10.6. The van der Waals surface area contributed by atoms with Crippen molar-refractivity contribution in [2.24, 2.45) is 0 Å². The lowest BCUT2D eigenvalue weighted by molar-refractivity contribution is -0.141. The Morgan fingerprint density at radius 2 is 1.68 bits per heavy atom. The third-order valence-corrected chi connectivity index (χ3v) is 8.81. The molecule has 208 valence electrons. The summed E-state index contributed by atoms with van der Waals surface area (Å²) in [5.41, 5.74) is 4.76. The molecule has 0 saturated heterocycles. The quantitative estimate of drug-likeness (QED) is 0.409. The Labute approximate surface area is 228 Å². The molecule has 2 aromatic rings. The van der Waals surface area contributed by atoms with Crippen LogP contribution in [-0.4, -0.2) is 50.0 Å². The van der Waals surface area contributed by atoms with Crippen LogP contribution in [0.3, 0.4) is 0 Å². The van der Waals surface area contributed by atoms with Gasteiger partial charge >= 0.3 is 0 Å². The van der Waals surface area contributed by atoms with Gasteiger partial charge < -0.3 is 10.2 Å². The van der Waals surface area contributed by atoms with E-state index in [4.69, 9.17) is 0 Å². The summed E-state index contributed by atoms with van der Waals surface area (Å²) < 4.78 is 26.6. The largest absolute Gasteiger partial charge is 0.352 e. The van der Waals surface area contributed by atoms with Crippen LogP contribution in [0.4, 0.5) is 5.69 Å². The highest BCUT2D eigenvalue weighted by Gasteiger charge is 2.31. The zero-order valence-corrected chi connectivity index (χ0v) is 24.3. The first kappa shape index (κ1) is 29.7. The maximum atomic E-state index is 13.6. The number of amides is 2. The van der Waals surface area contributed by atoms with Crippen molar-refractivity contribution < 1.29 is 18.0 Å². The van der Waals surface area contributed by atoms with Crippen LogP contribution in [0.2, 0.25) is 0 Å². The van der Waals surface area contributed by atoms with Crippen molar-refractivity contribution in [2.45, 2.75) is 91.3 Å². The van der Waals surface area contributed by atoms with Crippen LogP contribution >= 0.6 is 0 Å². The molecular weight excluding hydrogens is 498 g/mol. The van der Waals surface area contributed by atoms with Crippen molar-refractivity contribution in [3.63, 3.8) is 0 Å². The molecule has 0 aromatic heterocycles. The first-order chi connectivity index (χ1) is 18.0. The number of aryl methyl sites for hydroxylation is 3. The predicted octanol–water partition coefficient (Wildman–Crippen LogP) is 5.02. The number of nitrogens with zero attached hydrogens (tertiary/aromatic N) is 2. The summed E-state index contributed by atoms with van der Waals surface area (Å²) in [4.78, 5) is 28.6. The van der Waals surface area contributed by atoms with Crippen molar-refractivity contribution >= 4 is 27.5 Å². The molecule has 2 amide bonds. The fraction of sp³-hybridized carbons (Fsp3) is 0.533. The Kier molecular flexibility index (Phi) is 10.4. The van der Waals surface area contributed by atoms with Gasteiger partial charge in [-0.1, -0.05) is 50.1 Å². The highest BCUT2D eigenvalue weighted by Crippen LogP contribution is 2.23. The van der Waals surface area contributed by atoms with E-state index in [-0.39, 0.29) is 30.8 Å². The number of nitrogens with one attached hydrogen (secondary N) is 1. The van der Waals surface area contributed by atoms with Gasteiger partial charge in [-0.25, -0.2) is 8.42 Å². The fourth-order valence-corrected chi connectivity index (χ4v) is 6.10. The molecule has 0 heterocycles. The van der Waals surface area contributed by atoms with Crippen molar-refractivity contribution in [2.75, 3.05) is 17.1 Å². The Balaban J connectivity index is 1.77. The number of carbonyl (C=O) groups is 2. The Hall–Kier alpha value is -2.87. The number of sulfonamides is 1. The number of carbonyl (C=O) groups excluding carboxylic acids is 2. The van der Waals surface area contributed by atoms with E-state index in [0.717, 1.165) is 47.9 Å². The highest BCUT2D eigenvalue weighted by molar-refractivity contribution is 7.92. The smallest absolute Gasteiger partial charge is 0.243 e. The molecule has 2 aromatic carbocycles. The van der Waals surface area contributed by atoms with E-state index in [2.05, 4.69) is 5.32 Å². The molecule has 1 saturated carbocycles. The van der Waals surface area contributed by atoms with Crippen LogP contribution in [-0.2, 0) is 26.2 Å². The van der Waals surface area contributed by atoms with Crippen LogP contribution in [0.5, 0.6) is 0 Å². The molecule has 7 nitrogen and oxygen atoms in total. The third kappa shape index (κ3) is 7.82. The Morgan fingerprint density at radius 1 is 1.00 bits per heavy atom. The standard InChI is InChI=1S/C30H43N3O4S/c1-6-28(30(35)31-26-14-9-10-15-26)32(21-25-13-8-7-12-23(25)3)29(34)16-11-19-33(38(5,36)37)27-18-17-22(2)24(4)20-27/h7-8,12-13,17-18,20,26,28H,6,9-11,14-16,19,21H2,1-5H3,(H,31,35). The molecule has 0 aliphatic heterocycles. The van der Waals surface area contributed by atoms with Crippen molar-refractivity contribution in [1.29, 1.82) is 0 Å². The molecule has 1 atom stereocenters. The third-order valence-electron chi connectivity index (χ3n) is 7.62. The molecule has 3 rings (SSSR count). The molecule has 0 bridgehead atoms. The van der Waals surface area contributed by atoms with Crippen LogP contribution < -0.4 is 9.62 Å². The van der Waals surface area contributed by atoms with Gasteiger partial charge in [0, 0.05) is 25.6 Å². The average molecular weight is 542 g/mol. The second kappa shape index (κ2) is 13.3. The van der Waals surface area contributed by atoms with Gasteiger partial charge in [0.1, 0.15) is 6.04 Å². The number of rotatable bonds is 12. The lowest BCUT2D eigenvalue weighted by Crippen LogP contribution is -2.51. The molecule has 0 spiro atoms. The van der Waals surface area contributed by atoms with E-state index in [1.165, 1.54) is 10.6 Å². The van der Waals surface area contributed by atoms with Gasteiger partial charge in [0.2, 0.25) is 21.8 Å². The molecule has 1 N–H and O–H groups in total. The zero-order chi connectivity index (χ0) is 27.9. The van der Waals surface area contributed by atoms with Crippen molar-refractivity contribution in [3.05, 3.63) is 64.7 Å². The van der Waals surface area contributed by atoms with Gasteiger partial charge in [-0.3, -0.25) is 13.9 Å². The van der Waals surface area contributed by atoms with Crippen LogP contribution in [0.25, 0.3) is 0 Å². The second-order valence-corrected chi connectivity index (χ2v) is 12.5. The lowest BCUT2D eigenvalue weighted by Gasteiger charge is -2.32. The summed E-state index contributed by atoms with van der Waals surface area (Å²) >= 11 is 0. The molecule has 1 aliphatic rings. The zero-order valence-electron chi connectivity index (χ0n) is 23.5. The topological polar surface area (TPSA) is 86.8 Å². The minimum absolute atomic E-state index is 0.103. The van der Waals surface area contributed by atoms with E-state index >= 15 is 0 Å². The maximum Gasteiger partial charge on any atom is 0.243 e. The summed E-state index contributed by atoms with van der Waals surface area (Å²) in [6.07, 6.45) is 6.39. The lowest BCUT2D eigenvalue weighted by atomic mass is 10.0. The predicted molar refractivity (Wildman–Crippen MR) is 154 cm³/mol. The normalized spacial score (nSPS) is 14.8. The van der Waals surface area contributed by atoms with Crippen molar-refractivity contribution in [3.8, 4) is 0 Å². The minimum atomic E-state index is -3.52. The van der Waals surface area contributed by atoms with Gasteiger partial charge in [-0.05, 0) is 80.8 Å². The van der Waals surface area contributed by atoms with E-state index < -0.39 is 16.1 Å². The minimum Gasteiger partial charge on any atom is -0.352 e. The maximum absolute atomic E-state index is 13.6. The summed E-state index contributed by atoms with van der Waals surface area (Å²) in [7, 11) is -3.52. The van der Waals surface area contributed by atoms with Gasteiger partial charge in [0.05, 0.1) is 11.9 Å². The van der Waals surface area contributed by atoms with Gasteiger partial charge in [0.15, 0.2) is 0 Å². The molecule has 0 radical (unpaired) electrons. The molecule has 8 heteroatoms. The van der Waals surface area contributed by atoms with E-state index in [1.807, 2.05) is 64.1 Å². The van der Waals surface area contributed by atoms with Gasteiger partial charge in [0.25, 0.3) is 0 Å². The van der Waals surface area contributed by atoms with Gasteiger partial charge in [-0.15, -0.1) is 0 Å². The first-order valence-electron chi connectivity index (χ1n) is 13.7. The summed E-state index contributed by atoms with van der Waals surface area (Å²) in [6, 6.07) is 13.1. The average Bonchev–Trinajstić information content (AvgIpc) is 3.37. The number of benzene rings is 2. The first-order valence-corrected chi connectivity index (χ1v) is 15.6. The van der Waals surface area contributed by atoms with Crippen LogP contribution in [0, 0.1) is 20.8 Å². The molecular formula is C30H43N3O4S. The fourth-order valence-electron chi connectivity index (χ4n) is 5.14. The van der Waals surface area contributed by atoms with E-state index in [9.17, 15) is 18.0 Å². The number of hydrogen-bond donors (Lipinski definition) is 1. The van der Waals surface area contributed by atoms with Crippen LogP contribution in [0.1, 0.15) is 74.1 Å². The SMILES string of the molecule is CCC(C(=O)NC1CCCC1)N(Cc1ccccc1C)C(=O)CCCN(c1ccc(C)c(C)c1)S(C)(=O)=O. The Bertz CT molecular complexity index is 1220. The van der Waals surface area contributed by atoms with E-state index in [1.54, 1.807) is 11.0 Å². The number of hydrogen-bond acceptors (Lipinski definition) is 4. The Morgan fingerprint density at radius 3 is 2.29 bits per heavy atom. The van der Waals surface area contributed by atoms with Crippen LogP contribution in [0.15, 0.2) is 42.5 Å². The van der Waals surface area contributed by atoms with Crippen molar-refractivity contribution in [1.82, 2.24) is 10.2 Å². The monoisotopic (exact) mass is 541 g/mol. The molecule has 1 aliphatic carbocycles. The summed E-state index contributed by atoms with van der Waals surface area (Å²) in [5, 5.41) is 3.17. The van der Waals surface area contributed by atoms with E-state index in [0.29, 0.717) is 25.1 Å². The molecule has 1 unspecified atom stereocenters. The summed E-state index contributed by atoms with van der Waals surface area (Å²) in [5.74, 6) is -0.246. The van der Waals surface area contributed by atoms with Gasteiger partial charge in [-0.2, -0.15) is 0 Å². The number of anilines is 1. The highest BCUT2D eigenvalue weighted by atomic mass is 32.2. The molecule has 38 heavy (non-hydrogen) atoms. The summed E-state index contributed by atoms with van der Waals surface area (Å²) in [6.45, 7) is 8.41. The molecule has 1 fully saturated rings.